The molecule has 0 aliphatic rings. The highest BCUT2D eigenvalue weighted by Crippen LogP contribution is 2.27. The van der Waals surface area contributed by atoms with Crippen LogP contribution in [0.3, 0.4) is 0 Å². The second kappa shape index (κ2) is 4.92. The minimum Gasteiger partial charge on any atom is -0.453 e. The van der Waals surface area contributed by atoms with Crippen molar-refractivity contribution in [2.45, 2.75) is 24.6 Å². The topological polar surface area (TPSA) is 63.6 Å². The van der Waals surface area contributed by atoms with E-state index in [-0.39, 0.29) is 0 Å². The summed E-state index contributed by atoms with van der Waals surface area (Å²) in [4.78, 5) is -0.758. The van der Waals surface area contributed by atoms with E-state index in [1.165, 1.54) is 13.0 Å². The van der Waals surface area contributed by atoms with Crippen LogP contribution in [-0.4, -0.2) is 25.8 Å². The first-order chi connectivity index (χ1) is 7.71. The average Bonchev–Trinajstić information content (AvgIpc) is 2.15. The molecule has 0 aromatic heterocycles. The normalized spacial score (nSPS) is 13.8. The Morgan fingerprint density at radius 2 is 1.88 bits per heavy atom. The molecule has 1 unspecified atom stereocenters. The first kappa shape index (κ1) is 13.8. The molecule has 96 valence electrons. The third kappa shape index (κ3) is 3.60. The van der Waals surface area contributed by atoms with E-state index in [0.717, 1.165) is 12.1 Å². The average molecular weight is 270 g/mol. The lowest BCUT2D eigenvalue weighted by molar-refractivity contribution is -0.0683. The van der Waals surface area contributed by atoms with E-state index in [9.17, 15) is 21.6 Å². The molecule has 0 aliphatic carbocycles. The molecule has 1 aromatic rings. The summed E-state index contributed by atoms with van der Waals surface area (Å²) in [6.07, 6.45) is -6.37. The third-order valence-corrected chi connectivity index (χ3v) is 2.71. The van der Waals surface area contributed by atoms with Crippen molar-refractivity contribution >= 4 is 10.1 Å². The molecular formula is C9H9F3O4S. The fourth-order valence-electron chi connectivity index (χ4n) is 1.09. The second-order valence-electron chi connectivity index (χ2n) is 3.23. The molecule has 0 aliphatic heterocycles. The van der Waals surface area contributed by atoms with E-state index in [1.807, 2.05) is 0 Å². The smallest absolute Gasteiger partial charge is 0.304 e. The summed E-state index contributed by atoms with van der Waals surface area (Å²) < 4.78 is 71.2. The molecule has 4 nitrogen and oxygen atoms in total. The summed E-state index contributed by atoms with van der Waals surface area (Å²) in [5.41, 5.74) is 0.467. The second-order valence-corrected chi connectivity index (χ2v) is 4.62. The van der Waals surface area contributed by atoms with E-state index < -0.39 is 33.5 Å². The number of aryl methyl sites for hydroxylation is 1. The van der Waals surface area contributed by atoms with Crippen molar-refractivity contribution in [2.24, 2.45) is 0 Å². The molecular weight excluding hydrogens is 261 g/mol. The van der Waals surface area contributed by atoms with Crippen LogP contribution >= 0.6 is 0 Å². The summed E-state index contributed by atoms with van der Waals surface area (Å²) >= 11 is 0. The number of alkyl halides is 3. The number of benzene rings is 1. The van der Waals surface area contributed by atoms with E-state index in [1.54, 1.807) is 0 Å². The molecule has 0 amide bonds. The van der Waals surface area contributed by atoms with Crippen LogP contribution in [0.1, 0.15) is 5.56 Å². The monoisotopic (exact) mass is 270 g/mol. The molecule has 0 heterocycles. The predicted octanol–water partition coefficient (Wildman–Crippen LogP) is 2.18. The van der Waals surface area contributed by atoms with Crippen LogP contribution in [0.2, 0.25) is 0 Å². The zero-order valence-electron chi connectivity index (χ0n) is 8.60. The van der Waals surface area contributed by atoms with Crippen LogP contribution in [0, 0.1) is 6.92 Å². The molecule has 1 rings (SSSR count). The summed E-state index contributed by atoms with van der Waals surface area (Å²) in [5.74, 6) is -0.653. The summed E-state index contributed by atoms with van der Waals surface area (Å²) in [7, 11) is -4.66. The zero-order valence-corrected chi connectivity index (χ0v) is 9.42. The Hall–Kier alpha value is -1.28. The van der Waals surface area contributed by atoms with Gasteiger partial charge in [0, 0.05) is 0 Å². The van der Waals surface area contributed by atoms with Gasteiger partial charge in [0.1, 0.15) is 10.6 Å². The maximum Gasteiger partial charge on any atom is 0.304 e. The van der Waals surface area contributed by atoms with E-state index in [2.05, 4.69) is 4.74 Å². The van der Waals surface area contributed by atoms with E-state index in [0.29, 0.717) is 5.56 Å². The standard InChI is InChI=1S/C9H9F3O4S/c1-5-2-3-7(17(13,14)15)6(4-5)16-9(12)8(10)11/h2-4,8-9H,1H3,(H,13,14,15). The van der Waals surface area contributed by atoms with Gasteiger partial charge in [0.25, 0.3) is 16.5 Å². The van der Waals surface area contributed by atoms with Crippen molar-refractivity contribution in [3.8, 4) is 5.75 Å². The van der Waals surface area contributed by atoms with E-state index >= 15 is 0 Å². The van der Waals surface area contributed by atoms with Gasteiger partial charge in [-0.3, -0.25) is 4.55 Å². The lowest BCUT2D eigenvalue weighted by Crippen LogP contribution is -2.20. The van der Waals surface area contributed by atoms with Gasteiger partial charge in [0.15, 0.2) is 0 Å². The van der Waals surface area contributed by atoms with Gasteiger partial charge >= 0.3 is 6.43 Å². The van der Waals surface area contributed by atoms with Crippen LogP contribution in [-0.2, 0) is 10.1 Å². The van der Waals surface area contributed by atoms with Gasteiger partial charge in [-0.05, 0) is 24.6 Å². The molecule has 1 aromatic carbocycles. The van der Waals surface area contributed by atoms with Gasteiger partial charge in [-0.1, -0.05) is 6.07 Å². The lowest BCUT2D eigenvalue weighted by atomic mass is 10.2. The lowest BCUT2D eigenvalue weighted by Gasteiger charge is -2.13. The molecule has 0 radical (unpaired) electrons. The van der Waals surface area contributed by atoms with Gasteiger partial charge in [-0.25, -0.2) is 8.78 Å². The summed E-state index contributed by atoms with van der Waals surface area (Å²) in [6, 6.07) is 3.29. The van der Waals surface area contributed by atoms with E-state index in [4.69, 9.17) is 4.55 Å². The zero-order chi connectivity index (χ0) is 13.2. The molecule has 1 atom stereocenters. The first-order valence-electron chi connectivity index (χ1n) is 4.39. The van der Waals surface area contributed by atoms with Crippen molar-refractivity contribution < 1.29 is 30.9 Å². The van der Waals surface area contributed by atoms with Gasteiger partial charge < -0.3 is 4.74 Å². The van der Waals surface area contributed by atoms with Crippen molar-refractivity contribution in [1.82, 2.24) is 0 Å². The Labute approximate surface area is 95.8 Å². The fraction of sp³-hybridized carbons (Fsp3) is 0.333. The van der Waals surface area contributed by atoms with Crippen molar-refractivity contribution in [1.29, 1.82) is 0 Å². The Balaban J connectivity index is 3.17. The van der Waals surface area contributed by atoms with Crippen molar-refractivity contribution in [2.75, 3.05) is 0 Å². The minimum atomic E-state index is -4.66. The molecule has 0 saturated heterocycles. The van der Waals surface area contributed by atoms with Crippen LogP contribution in [0.25, 0.3) is 0 Å². The fourth-order valence-corrected chi connectivity index (χ4v) is 1.69. The summed E-state index contributed by atoms with van der Waals surface area (Å²) in [5, 5.41) is 0. The van der Waals surface area contributed by atoms with Crippen LogP contribution in [0.15, 0.2) is 23.1 Å². The van der Waals surface area contributed by atoms with Crippen molar-refractivity contribution in [3.05, 3.63) is 23.8 Å². The molecule has 0 bridgehead atoms. The van der Waals surface area contributed by atoms with Crippen LogP contribution in [0.5, 0.6) is 5.75 Å². The highest BCUT2D eigenvalue weighted by atomic mass is 32.2. The Bertz CT molecular complexity index is 501. The largest absolute Gasteiger partial charge is 0.453 e. The SMILES string of the molecule is Cc1ccc(S(=O)(=O)O)c(OC(F)C(F)F)c1. The highest BCUT2D eigenvalue weighted by Gasteiger charge is 2.25. The predicted molar refractivity (Wildman–Crippen MR) is 52.5 cm³/mol. The number of hydrogen-bond acceptors (Lipinski definition) is 3. The van der Waals surface area contributed by atoms with Crippen LogP contribution < -0.4 is 4.74 Å². The number of rotatable bonds is 4. The minimum absolute atomic E-state index is 0.467. The number of ether oxygens (including phenoxy) is 1. The summed E-state index contributed by atoms with van der Waals surface area (Å²) in [6.45, 7) is 1.52. The van der Waals surface area contributed by atoms with Gasteiger partial charge in [0.05, 0.1) is 0 Å². The molecule has 0 saturated carbocycles. The number of hydrogen-bond donors (Lipinski definition) is 1. The first-order valence-corrected chi connectivity index (χ1v) is 5.83. The van der Waals surface area contributed by atoms with Gasteiger partial charge in [-0.15, -0.1) is 0 Å². The maximum atomic E-state index is 12.7. The molecule has 1 N–H and O–H groups in total. The molecule has 17 heavy (non-hydrogen) atoms. The molecule has 8 heteroatoms. The van der Waals surface area contributed by atoms with Gasteiger partial charge in [-0.2, -0.15) is 12.8 Å². The maximum absolute atomic E-state index is 12.7. The molecule has 0 spiro atoms. The third-order valence-electron chi connectivity index (χ3n) is 1.81. The van der Waals surface area contributed by atoms with Crippen molar-refractivity contribution in [3.63, 3.8) is 0 Å². The Morgan fingerprint density at radius 3 is 2.35 bits per heavy atom. The number of halogens is 3. The molecule has 0 fully saturated rings. The van der Waals surface area contributed by atoms with Gasteiger partial charge in [0.2, 0.25) is 0 Å². The van der Waals surface area contributed by atoms with Crippen LogP contribution in [0.4, 0.5) is 13.2 Å². The highest BCUT2D eigenvalue weighted by molar-refractivity contribution is 7.86. The Morgan fingerprint density at radius 1 is 1.29 bits per heavy atom. The quantitative estimate of drug-likeness (QED) is 0.852. The Kier molecular flexibility index (Phi) is 3.99.